The summed E-state index contributed by atoms with van der Waals surface area (Å²) in [5.41, 5.74) is 0.949. The summed E-state index contributed by atoms with van der Waals surface area (Å²) in [4.78, 5) is 20.2. The molecule has 0 aliphatic heterocycles. The average Bonchev–Trinajstić information content (AvgIpc) is 2.55. The fourth-order valence-electron chi connectivity index (χ4n) is 1.92. The quantitative estimate of drug-likeness (QED) is 0.722. The molecule has 1 aromatic heterocycles. The van der Waals surface area contributed by atoms with Gasteiger partial charge in [0.15, 0.2) is 0 Å². The molecule has 23 heavy (non-hydrogen) atoms. The molecule has 1 aromatic carbocycles. The summed E-state index contributed by atoms with van der Waals surface area (Å²) in [5.74, 6) is 0.144. The van der Waals surface area contributed by atoms with Crippen LogP contribution in [0.1, 0.15) is 36.5 Å². The first-order valence-electron chi connectivity index (χ1n) is 7.43. The second-order valence-electron chi connectivity index (χ2n) is 4.98. The van der Waals surface area contributed by atoms with E-state index in [0.29, 0.717) is 33.8 Å². The molecule has 7 heteroatoms. The molecule has 5 nitrogen and oxygen atoms in total. The summed E-state index contributed by atoms with van der Waals surface area (Å²) in [7, 11) is 0. The number of para-hydroxylation sites is 1. The summed E-state index contributed by atoms with van der Waals surface area (Å²) < 4.78 is 0. The van der Waals surface area contributed by atoms with Crippen LogP contribution < -0.4 is 10.6 Å². The van der Waals surface area contributed by atoms with Crippen LogP contribution in [0, 0.1) is 0 Å². The van der Waals surface area contributed by atoms with Crippen molar-refractivity contribution in [1.29, 1.82) is 0 Å². The van der Waals surface area contributed by atoms with Crippen molar-refractivity contribution in [2.75, 3.05) is 11.9 Å². The Labute approximate surface area is 145 Å². The highest BCUT2D eigenvalue weighted by Gasteiger charge is 2.09. The van der Waals surface area contributed by atoms with Gasteiger partial charge in [-0.05, 0) is 18.6 Å². The summed E-state index contributed by atoms with van der Waals surface area (Å²) in [5, 5.41) is 6.73. The van der Waals surface area contributed by atoms with Gasteiger partial charge in [0.05, 0.1) is 21.3 Å². The SMILES string of the molecule is CCCCCNC(=O)c1cnc(Nc2c(Cl)cccc2Cl)nc1. The maximum absolute atomic E-state index is 11.9. The van der Waals surface area contributed by atoms with Gasteiger partial charge >= 0.3 is 0 Å². The second kappa shape index (κ2) is 8.70. The van der Waals surface area contributed by atoms with Gasteiger partial charge in [-0.2, -0.15) is 0 Å². The molecule has 0 saturated heterocycles. The Balaban J connectivity index is 1.98. The molecule has 0 radical (unpaired) electrons. The number of unbranched alkanes of at least 4 members (excludes halogenated alkanes) is 2. The maximum Gasteiger partial charge on any atom is 0.254 e. The lowest BCUT2D eigenvalue weighted by molar-refractivity contribution is 0.0952. The summed E-state index contributed by atoms with van der Waals surface area (Å²) >= 11 is 12.2. The van der Waals surface area contributed by atoms with Crippen molar-refractivity contribution < 1.29 is 4.79 Å². The standard InChI is InChI=1S/C16H18Cl2N4O/c1-2-3-4-8-19-15(23)11-9-20-16(21-10-11)22-14-12(17)6-5-7-13(14)18/h5-7,9-10H,2-4,8H2,1H3,(H,19,23)(H,20,21,22). The molecule has 122 valence electrons. The van der Waals surface area contributed by atoms with Gasteiger partial charge in [-0.3, -0.25) is 4.79 Å². The van der Waals surface area contributed by atoms with E-state index in [2.05, 4.69) is 27.5 Å². The molecule has 1 heterocycles. The molecule has 0 bridgehead atoms. The number of aromatic nitrogens is 2. The van der Waals surface area contributed by atoms with Crippen LogP contribution in [0.25, 0.3) is 0 Å². The summed E-state index contributed by atoms with van der Waals surface area (Å²) in [6.07, 6.45) is 6.11. The van der Waals surface area contributed by atoms with Crippen LogP contribution in [0.5, 0.6) is 0 Å². The minimum atomic E-state index is -0.177. The van der Waals surface area contributed by atoms with E-state index in [9.17, 15) is 4.79 Å². The van der Waals surface area contributed by atoms with Gasteiger partial charge in [0.25, 0.3) is 5.91 Å². The van der Waals surface area contributed by atoms with Crippen LogP contribution in [-0.4, -0.2) is 22.4 Å². The third-order valence-electron chi connectivity index (χ3n) is 3.18. The van der Waals surface area contributed by atoms with E-state index in [1.54, 1.807) is 18.2 Å². The number of halogens is 2. The monoisotopic (exact) mass is 352 g/mol. The Hall–Kier alpha value is -1.85. The molecular formula is C16H18Cl2N4O. The van der Waals surface area contributed by atoms with Crippen molar-refractivity contribution in [3.8, 4) is 0 Å². The van der Waals surface area contributed by atoms with E-state index in [1.165, 1.54) is 12.4 Å². The highest BCUT2D eigenvalue weighted by atomic mass is 35.5. The number of anilines is 2. The number of rotatable bonds is 7. The van der Waals surface area contributed by atoms with Crippen LogP contribution in [0.15, 0.2) is 30.6 Å². The topological polar surface area (TPSA) is 66.9 Å². The largest absolute Gasteiger partial charge is 0.352 e. The van der Waals surface area contributed by atoms with Gasteiger partial charge < -0.3 is 10.6 Å². The molecule has 0 saturated carbocycles. The fourth-order valence-corrected chi connectivity index (χ4v) is 2.41. The Morgan fingerprint density at radius 3 is 2.39 bits per heavy atom. The molecule has 0 aliphatic carbocycles. The van der Waals surface area contributed by atoms with Crippen LogP contribution in [0.3, 0.4) is 0 Å². The smallest absolute Gasteiger partial charge is 0.254 e. The van der Waals surface area contributed by atoms with Crippen LogP contribution in [-0.2, 0) is 0 Å². The Kier molecular flexibility index (Phi) is 6.62. The Morgan fingerprint density at radius 2 is 1.78 bits per heavy atom. The zero-order valence-electron chi connectivity index (χ0n) is 12.8. The Bertz CT molecular complexity index is 641. The maximum atomic E-state index is 11.9. The minimum absolute atomic E-state index is 0.177. The predicted octanol–water partition coefficient (Wildman–Crippen LogP) is 4.45. The lowest BCUT2D eigenvalue weighted by atomic mass is 10.2. The minimum Gasteiger partial charge on any atom is -0.352 e. The first-order chi connectivity index (χ1) is 11.1. The van der Waals surface area contributed by atoms with Gasteiger partial charge in [-0.25, -0.2) is 9.97 Å². The van der Waals surface area contributed by atoms with E-state index in [0.717, 1.165) is 19.3 Å². The number of carbonyl (C=O) groups is 1. The van der Waals surface area contributed by atoms with Gasteiger partial charge in [-0.15, -0.1) is 0 Å². The Morgan fingerprint density at radius 1 is 1.13 bits per heavy atom. The first-order valence-corrected chi connectivity index (χ1v) is 8.18. The molecule has 2 N–H and O–H groups in total. The first kappa shape index (κ1) is 17.5. The molecule has 0 aliphatic rings. The number of benzene rings is 1. The van der Waals surface area contributed by atoms with E-state index in [-0.39, 0.29) is 5.91 Å². The van der Waals surface area contributed by atoms with Crippen molar-refractivity contribution in [1.82, 2.24) is 15.3 Å². The van der Waals surface area contributed by atoms with Crippen LogP contribution >= 0.6 is 23.2 Å². The zero-order chi connectivity index (χ0) is 16.7. The van der Waals surface area contributed by atoms with Crippen molar-refractivity contribution >= 4 is 40.7 Å². The predicted molar refractivity (Wildman–Crippen MR) is 93.6 cm³/mol. The number of nitrogens with zero attached hydrogens (tertiary/aromatic N) is 2. The number of nitrogens with one attached hydrogen (secondary N) is 2. The van der Waals surface area contributed by atoms with Crippen LogP contribution in [0.2, 0.25) is 10.0 Å². The summed E-state index contributed by atoms with van der Waals surface area (Å²) in [6, 6.07) is 5.18. The number of amides is 1. The lowest BCUT2D eigenvalue weighted by Gasteiger charge is -2.09. The molecule has 2 aromatic rings. The fraction of sp³-hybridized carbons (Fsp3) is 0.312. The highest BCUT2D eigenvalue weighted by molar-refractivity contribution is 6.39. The van der Waals surface area contributed by atoms with Crippen molar-refractivity contribution in [2.24, 2.45) is 0 Å². The normalized spacial score (nSPS) is 10.4. The number of hydrogen-bond donors (Lipinski definition) is 2. The van der Waals surface area contributed by atoms with Gasteiger partial charge in [0.1, 0.15) is 0 Å². The number of carbonyl (C=O) groups excluding carboxylic acids is 1. The average molecular weight is 353 g/mol. The van der Waals surface area contributed by atoms with Gasteiger partial charge in [0.2, 0.25) is 5.95 Å². The molecule has 2 rings (SSSR count). The molecule has 0 atom stereocenters. The van der Waals surface area contributed by atoms with E-state index in [4.69, 9.17) is 23.2 Å². The third kappa shape index (κ3) is 5.08. The molecule has 0 unspecified atom stereocenters. The van der Waals surface area contributed by atoms with Crippen LogP contribution in [0.4, 0.5) is 11.6 Å². The summed E-state index contributed by atoms with van der Waals surface area (Å²) in [6.45, 7) is 2.77. The van der Waals surface area contributed by atoms with Crippen molar-refractivity contribution in [3.05, 3.63) is 46.2 Å². The second-order valence-corrected chi connectivity index (χ2v) is 5.79. The van der Waals surface area contributed by atoms with Crippen molar-refractivity contribution in [2.45, 2.75) is 26.2 Å². The van der Waals surface area contributed by atoms with E-state index < -0.39 is 0 Å². The van der Waals surface area contributed by atoms with Crippen molar-refractivity contribution in [3.63, 3.8) is 0 Å². The molecule has 0 fully saturated rings. The molecule has 1 amide bonds. The van der Waals surface area contributed by atoms with Gasteiger partial charge in [-0.1, -0.05) is 49.0 Å². The van der Waals surface area contributed by atoms with Gasteiger partial charge in [0, 0.05) is 18.9 Å². The molecular weight excluding hydrogens is 335 g/mol. The highest BCUT2D eigenvalue weighted by Crippen LogP contribution is 2.31. The van der Waals surface area contributed by atoms with E-state index >= 15 is 0 Å². The lowest BCUT2D eigenvalue weighted by Crippen LogP contribution is -2.24. The van der Waals surface area contributed by atoms with E-state index in [1.807, 2.05) is 0 Å². The number of hydrogen-bond acceptors (Lipinski definition) is 4. The zero-order valence-corrected chi connectivity index (χ0v) is 14.3. The third-order valence-corrected chi connectivity index (χ3v) is 3.81. The molecule has 0 spiro atoms.